The number of thiophene rings is 1. The van der Waals surface area contributed by atoms with Crippen molar-refractivity contribution < 1.29 is 4.79 Å². The Bertz CT molecular complexity index is 314. The van der Waals surface area contributed by atoms with Crippen molar-refractivity contribution >= 4 is 33.2 Å². The highest BCUT2D eigenvalue weighted by atomic mass is 79.9. The van der Waals surface area contributed by atoms with Gasteiger partial charge in [0.25, 0.3) is 0 Å². The van der Waals surface area contributed by atoms with Crippen LogP contribution in [-0.2, 0) is 11.3 Å². The van der Waals surface area contributed by atoms with E-state index in [1.165, 1.54) is 4.88 Å². The number of amides is 1. The van der Waals surface area contributed by atoms with Crippen molar-refractivity contribution in [2.75, 3.05) is 0 Å². The van der Waals surface area contributed by atoms with Crippen LogP contribution in [0.5, 0.6) is 0 Å². The predicted molar refractivity (Wildman–Crippen MR) is 62.1 cm³/mol. The number of primary amides is 1. The maximum Gasteiger partial charge on any atom is 0.218 e. The third-order valence-electron chi connectivity index (χ3n) is 1.75. The van der Waals surface area contributed by atoms with E-state index in [0.29, 0.717) is 6.42 Å². The van der Waals surface area contributed by atoms with E-state index in [4.69, 9.17) is 5.73 Å². The molecule has 1 aromatic rings. The molecule has 0 spiro atoms. The van der Waals surface area contributed by atoms with Gasteiger partial charge in [-0.25, -0.2) is 0 Å². The number of carbonyl (C=O) groups excluding carboxylic acids is 1. The Kier molecular flexibility index (Phi) is 4.57. The molecule has 1 unspecified atom stereocenters. The van der Waals surface area contributed by atoms with Gasteiger partial charge in [0.05, 0.1) is 0 Å². The molecule has 0 saturated heterocycles. The molecule has 0 saturated carbocycles. The molecule has 14 heavy (non-hydrogen) atoms. The molecule has 3 N–H and O–H groups in total. The Morgan fingerprint density at radius 2 is 2.50 bits per heavy atom. The van der Waals surface area contributed by atoms with Crippen molar-refractivity contribution in [3.8, 4) is 0 Å². The molecule has 1 amide bonds. The fourth-order valence-corrected chi connectivity index (χ4v) is 2.50. The molecule has 1 rings (SSSR count). The van der Waals surface area contributed by atoms with Crippen LogP contribution in [-0.4, -0.2) is 11.9 Å². The van der Waals surface area contributed by atoms with E-state index in [1.54, 1.807) is 11.3 Å². The molecule has 0 fully saturated rings. The zero-order valence-corrected chi connectivity index (χ0v) is 10.3. The van der Waals surface area contributed by atoms with Gasteiger partial charge in [-0.3, -0.25) is 4.79 Å². The minimum absolute atomic E-state index is 0.133. The first-order chi connectivity index (χ1) is 6.58. The van der Waals surface area contributed by atoms with E-state index in [-0.39, 0.29) is 11.9 Å². The lowest BCUT2D eigenvalue weighted by molar-refractivity contribution is -0.118. The lowest BCUT2D eigenvalue weighted by Gasteiger charge is -2.10. The Morgan fingerprint density at radius 1 is 1.79 bits per heavy atom. The summed E-state index contributed by atoms with van der Waals surface area (Å²) in [4.78, 5) is 11.8. The largest absolute Gasteiger partial charge is 0.370 e. The number of halogens is 1. The highest BCUT2D eigenvalue weighted by Crippen LogP contribution is 2.19. The van der Waals surface area contributed by atoms with E-state index in [2.05, 4.69) is 27.3 Å². The molecule has 5 heteroatoms. The maximum absolute atomic E-state index is 10.6. The zero-order chi connectivity index (χ0) is 10.6. The SMILES string of the molecule is CC(CC(N)=O)NCc1cc(Br)cs1. The van der Waals surface area contributed by atoms with Gasteiger partial charge in [0.15, 0.2) is 0 Å². The standard InChI is InChI=1S/C9H13BrN2OS/c1-6(2-9(11)13)12-4-8-3-7(10)5-14-8/h3,5-6,12H,2,4H2,1H3,(H2,11,13). The third-order valence-corrected chi connectivity index (χ3v) is 3.45. The van der Waals surface area contributed by atoms with E-state index < -0.39 is 0 Å². The van der Waals surface area contributed by atoms with Gasteiger partial charge in [-0.2, -0.15) is 0 Å². The molecular formula is C9H13BrN2OS. The van der Waals surface area contributed by atoms with Crippen LogP contribution < -0.4 is 11.1 Å². The van der Waals surface area contributed by atoms with Crippen molar-refractivity contribution in [3.63, 3.8) is 0 Å². The molecule has 0 aliphatic rings. The minimum Gasteiger partial charge on any atom is -0.370 e. The Balaban J connectivity index is 2.30. The number of hydrogen-bond acceptors (Lipinski definition) is 3. The van der Waals surface area contributed by atoms with Crippen LogP contribution in [0.4, 0.5) is 0 Å². The molecule has 1 atom stereocenters. The van der Waals surface area contributed by atoms with Crippen molar-refractivity contribution in [2.24, 2.45) is 5.73 Å². The molecule has 3 nitrogen and oxygen atoms in total. The van der Waals surface area contributed by atoms with Crippen LogP contribution in [0.3, 0.4) is 0 Å². The van der Waals surface area contributed by atoms with Crippen LogP contribution in [0.1, 0.15) is 18.2 Å². The number of hydrogen-bond donors (Lipinski definition) is 2. The first kappa shape index (κ1) is 11.7. The topological polar surface area (TPSA) is 55.1 Å². The van der Waals surface area contributed by atoms with Crippen LogP contribution in [0.2, 0.25) is 0 Å². The van der Waals surface area contributed by atoms with Crippen molar-refractivity contribution in [3.05, 3.63) is 20.8 Å². The normalized spacial score (nSPS) is 12.7. The molecular weight excluding hydrogens is 264 g/mol. The summed E-state index contributed by atoms with van der Waals surface area (Å²) < 4.78 is 1.10. The monoisotopic (exact) mass is 276 g/mol. The molecule has 1 heterocycles. The van der Waals surface area contributed by atoms with Gasteiger partial charge in [-0.15, -0.1) is 11.3 Å². The lowest BCUT2D eigenvalue weighted by Crippen LogP contribution is -2.30. The van der Waals surface area contributed by atoms with Gasteiger partial charge in [0.2, 0.25) is 5.91 Å². The Hall–Kier alpha value is -0.390. The van der Waals surface area contributed by atoms with E-state index in [1.807, 2.05) is 12.3 Å². The van der Waals surface area contributed by atoms with Gasteiger partial charge >= 0.3 is 0 Å². The number of nitrogens with two attached hydrogens (primary N) is 1. The first-order valence-corrected chi connectivity index (χ1v) is 6.00. The van der Waals surface area contributed by atoms with Gasteiger partial charge in [0.1, 0.15) is 0 Å². The molecule has 78 valence electrons. The fourth-order valence-electron chi connectivity index (χ4n) is 1.10. The van der Waals surface area contributed by atoms with Crippen LogP contribution in [0.15, 0.2) is 15.9 Å². The van der Waals surface area contributed by atoms with Crippen molar-refractivity contribution in [2.45, 2.75) is 25.9 Å². The quantitative estimate of drug-likeness (QED) is 0.863. The summed E-state index contributed by atoms with van der Waals surface area (Å²) in [6, 6.07) is 2.20. The van der Waals surface area contributed by atoms with Crippen LogP contribution >= 0.6 is 27.3 Å². The fraction of sp³-hybridized carbons (Fsp3) is 0.444. The second-order valence-corrected chi connectivity index (χ2v) is 5.10. The highest BCUT2D eigenvalue weighted by Gasteiger charge is 2.05. The predicted octanol–water partition coefficient (Wildman–Crippen LogP) is 1.86. The summed E-state index contributed by atoms with van der Waals surface area (Å²) in [6.45, 7) is 2.73. The van der Waals surface area contributed by atoms with E-state index >= 15 is 0 Å². The Morgan fingerprint density at radius 3 is 3.00 bits per heavy atom. The number of carbonyl (C=O) groups is 1. The molecule has 0 aliphatic carbocycles. The second-order valence-electron chi connectivity index (χ2n) is 3.18. The highest BCUT2D eigenvalue weighted by molar-refractivity contribution is 9.10. The summed E-state index contributed by atoms with van der Waals surface area (Å²) in [5.41, 5.74) is 5.08. The third kappa shape index (κ3) is 4.21. The number of rotatable bonds is 5. The maximum atomic E-state index is 10.6. The molecule has 0 aromatic carbocycles. The van der Waals surface area contributed by atoms with Crippen LogP contribution in [0.25, 0.3) is 0 Å². The summed E-state index contributed by atoms with van der Waals surface area (Å²) >= 11 is 5.07. The summed E-state index contributed by atoms with van der Waals surface area (Å²) in [5, 5.41) is 5.27. The van der Waals surface area contributed by atoms with Gasteiger partial charge < -0.3 is 11.1 Å². The Labute approximate surface area is 95.8 Å². The molecule has 0 radical (unpaired) electrons. The summed E-state index contributed by atoms with van der Waals surface area (Å²) in [6.07, 6.45) is 0.381. The molecule has 0 bridgehead atoms. The molecule has 0 aliphatic heterocycles. The summed E-state index contributed by atoms with van der Waals surface area (Å²) in [7, 11) is 0. The van der Waals surface area contributed by atoms with Gasteiger partial charge in [-0.1, -0.05) is 0 Å². The van der Waals surface area contributed by atoms with E-state index in [0.717, 1.165) is 11.0 Å². The first-order valence-electron chi connectivity index (χ1n) is 4.32. The lowest BCUT2D eigenvalue weighted by atomic mass is 10.2. The average molecular weight is 277 g/mol. The van der Waals surface area contributed by atoms with Gasteiger partial charge in [0, 0.05) is 33.7 Å². The van der Waals surface area contributed by atoms with Gasteiger partial charge in [-0.05, 0) is 28.9 Å². The summed E-state index contributed by atoms with van der Waals surface area (Å²) in [5.74, 6) is -0.266. The number of nitrogens with one attached hydrogen (secondary N) is 1. The zero-order valence-electron chi connectivity index (χ0n) is 7.92. The minimum atomic E-state index is -0.266. The van der Waals surface area contributed by atoms with E-state index in [9.17, 15) is 4.79 Å². The smallest absolute Gasteiger partial charge is 0.218 e. The van der Waals surface area contributed by atoms with Crippen LogP contribution in [0, 0.1) is 0 Å². The van der Waals surface area contributed by atoms with Crippen molar-refractivity contribution in [1.82, 2.24) is 5.32 Å². The molecule has 1 aromatic heterocycles. The second kappa shape index (κ2) is 5.48. The van der Waals surface area contributed by atoms with Crippen molar-refractivity contribution in [1.29, 1.82) is 0 Å². The average Bonchev–Trinajstić information content (AvgIpc) is 2.47.